The Kier molecular flexibility index (Phi) is 3.49. The lowest BCUT2D eigenvalue weighted by molar-refractivity contribution is 0.0725. The number of aryl methyl sites for hydroxylation is 2. The first-order chi connectivity index (χ1) is 9.74. The maximum atomic E-state index is 12.8. The zero-order valence-electron chi connectivity index (χ0n) is 12.1. The number of hydrogen-bond acceptors (Lipinski definition) is 2. The number of carbonyl (C=O) groups is 1. The summed E-state index contributed by atoms with van der Waals surface area (Å²) in [5, 5.41) is 4.48. The number of amides is 1. The van der Waals surface area contributed by atoms with Crippen molar-refractivity contribution in [3.8, 4) is 0 Å². The lowest BCUT2D eigenvalue weighted by Gasteiger charge is -2.28. The fraction of sp³-hybridized carbons (Fsp3) is 0.438. The molecule has 1 aliphatic rings. The van der Waals surface area contributed by atoms with Crippen LogP contribution in [0.1, 0.15) is 23.0 Å². The van der Waals surface area contributed by atoms with Crippen LogP contribution in [0.25, 0.3) is 10.9 Å². The molecule has 1 fully saturated rings. The molecule has 0 atom stereocenters. The van der Waals surface area contributed by atoms with Gasteiger partial charge in [-0.1, -0.05) is 18.2 Å². The van der Waals surface area contributed by atoms with E-state index in [1.165, 1.54) is 5.39 Å². The minimum atomic E-state index is 0.169. The molecule has 0 bridgehead atoms. The second-order valence-corrected chi connectivity index (χ2v) is 5.28. The van der Waals surface area contributed by atoms with Crippen molar-refractivity contribution in [1.82, 2.24) is 14.8 Å². The van der Waals surface area contributed by atoms with E-state index < -0.39 is 0 Å². The number of aromatic nitrogens is 1. The van der Waals surface area contributed by atoms with Crippen LogP contribution in [-0.4, -0.2) is 41.6 Å². The molecule has 0 saturated carbocycles. The first-order valence-corrected chi connectivity index (χ1v) is 7.32. The van der Waals surface area contributed by atoms with Crippen molar-refractivity contribution in [3.63, 3.8) is 0 Å². The van der Waals surface area contributed by atoms with E-state index in [0.29, 0.717) is 0 Å². The highest BCUT2D eigenvalue weighted by atomic mass is 16.2. The quantitative estimate of drug-likeness (QED) is 0.907. The van der Waals surface area contributed by atoms with Crippen LogP contribution < -0.4 is 5.32 Å². The number of para-hydroxylation sites is 1. The second kappa shape index (κ2) is 5.29. The topological polar surface area (TPSA) is 37.3 Å². The van der Waals surface area contributed by atoms with Crippen LogP contribution in [0.3, 0.4) is 0 Å². The molecule has 1 N–H and O–H groups in total. The molecule has 1 saturated heterocycles. The summed E-state index contributed by atoms with van der Waals surface area (Å²) in [5.74, 6) is 0.169. The SMILES string of the molecule is CCn1c(C(=O)N2CCNCC2)c(C)c2ccccc21. The maximum absolute atomic E-state index is 12.8. The normalized spacial score (nSPS) is 15.8. The van der Waals surface area contributed by atoms with Gasteiger partial charge < -0.3 is 14.8 Å². The first-order valence-electron chi connectivity index (χ1n) is 7.32. The van der Waals surface area contributed by atoms with Gasteiger partial charge in [-0.2, -0.15) is 0 Å². The van der Waals surface area contributed by atoms with E-state index in [0.717, 1.165) is 49.5 Å². The highest BCUT2D eigenvalue weighted by molar-refractivity contribution is 6.01. The van der Waals surface area contributed by atoms with E-state index in [4.69, 9.17) is 0 Å². The Labute approximate surface area is 119 Å². The number of benzene rings is 1. The first kappa shape index (κ1) is 13.2. The molecule has 4 nitrogen and oxygen atoms in total. The van der Waals surface area contributed by atoms with Gasteiger partial charge in [0.25, 0.3) is 5.91 Å². The van der Waals surface area contributed by atoms with E-state index in [1.54, 1.807) is 0 Å². The Morgan fingerprint density at radius 2 is 1.95 bits per heavy atom. The molecular weight excluding hydrogens is 250 g/mol. The van der Waals surface area contributed by atoms with Crippen LogP contribution >= 0.6 is 0 Å². The summed E-state index contributed by atoms with van der Waals surface area (Å²) in [4.78, 5) is 14.8. The second-order valence-electron chi connectivity index (χ2n) is 5.28. The van der Waals surface area contributed by atoms with E-state index in [9.17, 15) is 4.79 Å². The van der Waals surface area contributed by atoms with E-state index in [1.807, 2.05) is 17.0 Å². The largest absolute Gasteiger partial charge is 0.337 e. The van der Waals surface area contributed by atoms with Crippen molar-refractivity contribution in [2.24, 2.45) is 0 Å². The number of rotatable bonds is 2. The molecule has 20 heavy (non-hydrogen) atoms. The summed E-state index contributed by atoms with van der Waals surface area (Å²) < 4.78 is 2.15. The molecule has 1 aliphatic heterocycles. The van der Waals surface area contributed by atoms with Crippen molar-refractivity contribution in [1.29, 1.82) is 0 Å². The monoisotopic (exact) mass is 271 g/mol. The predicted molar refractivity (Wildman–Crippen MR) is 81.1 cm³/mol. The molecule has 0 spiro atoms. The molecule has 1 aromatic heterocycles. The van der Waals surface area contributed by atoms with Gasteiger partial charge >= 0.3 is 0 Å². The predicted octanol–water partition coefficient (Wildman–Crippen LogP) is 2.02. The molecule has 2 aromatic rings. The highest BCUT2D eigenvalue weighted by Gasteiger charge is 2.24. The van der Waals surface area contributed by atoms with Gasteiger partial charge in [0, 0.05) is 43.6 Å². The van der Waals surface area contributed by atoms with Gasteiger partial charge in [-0.3, -0.25) is 4.79 Å². The van der Waals surface area contributed by atoms with Gasteiger partial charge in [0.2, 0.25) is 0 Å². The molecule has 1 amide bonds. The standard InChI is InChI=1S/C16H21N3O/c1-3-19-14-7-5-4-6-13(14)12(2)15(19)16(20)18-10-8-17-9-11-18/h4-7,17H,3,8-11H2,1-2H3. The molecule has 0 unspecified atom stereocenters. The van der Waals surface area contributed by atoms with Crippen LogP contribution in [-0.2, 0) is 6.54 Å². The molecule has 2 heterocycles. The third-order valence-corrected chi connectivity index (χ3v) is 4.15. The summed E-state index contributed by atoms with van der Waals surface area (Å²) in [6, 6.07) is 8.27. The van der Waals surface area contributed by atoms with Crippen LogP contribution in [0.15, 0.2) is 24.3 Å². The summed E-state index contributed by atoms with van der Waals surface area (Å²) in [6.07, 6.45) is 0. The molecule has 0 radical (unpaired) electrons. The number of hydrogen-bond donors (Lipinski definition) is 1. The lowest BCUT2D eigenvalue weighted by Crippen LogP contribution is -2.47. The Hall–Kier alpha value is -1.81. The van der Waals surface area contributed by atoms with Crippen molar-refractivity contribution in [3.05, 3.63) is 35.5 Å². The third kappa shape index (κ3) is 2.00. The lowest BCUT2D eigenvalue weighted by atomic mass is 10.1. The van der Waals surface area contributed by atoms with E-state index in [2.05, 4.69) is 35.9 Å². The number of nitrogens with zero attached hydrogens (tertiary/aromatic N) is 2. The summed E-state index contributed by atoms with van der Waals surface area (Å²) in [5.41, 5.74) is 3.12. The van der Waals surface area contributed by atoms with E-state index in [-0.39, 0.29) is 5.91 Å². The number of carbonyl (C=O) groups excluding carboxylic acids is 1. The number of piperazine rings is 1. The Bertz CT molecular complexity index is 638. The maximum Gasteiger partial charge on any atom is 0.270 e. The fourth-order valence-electron chi connectivity index (χ4n) is 3.10. The minimum absolute atomic E-state index is 0.169. The zero-order chi connectivity index (χ0) is 14.1. The van der Waals surface area contributed by atoms with Crippen LogP contribution in [0, 0.1) is 6.92 Å². The number of nitrogens with one attached hydrogen (secondary N) is 1. The van der Waals surface area contributed by atoms with Crippen molar-refractivity contribution < 1.29 is 4.79 Å². The van der Waals surface area contributed by atoms with Crippen molar-refractivity contribution in [2.75, 3.05) is 26.2 Å². The van der Waals surface area contributed by atoms with Crippen LogP contribution in [0.4, 0.5) is 0 Å². The van der Waals surface area contributed by atoms with Gasteiger partial charge in [0.15, 0.2) is 0 Å². The molecular formula is C16H21N3O. The average molecular weight is 271 g/mol. The zero-order valence-corrected chi connectivity index (χ0v) is 12.1. The van der Waals surface area contributed by atoms with Crippen LogP contribution in [0.2, 0.25) is 0 Å². The molecule has 1 aromatic carbocycles. The smallest absolute Gasteiger partial charge is 0.270 e. The third-order valence-electron chi connectivity index (χ3n) is 4.15. The Morgan fingerprint density at radius 1 is 1.25 bits per heavy atom. The molecule has 3 rings (SSSR count). The van der Waals surface area contributed by atoms with Gasteiger partial charge in [0.1, 0.15) is 5.69 Å². The van der Waals surface area contributed by atoms with Crippen molar-refractivity contribution in [2.45, 2.75) is 20.4 Å². The number of fused-ring (bicyclic) bond motifs is 1. The summed E-state index contributed by atoms with van der Waals surface area (Å²) >= 11 is 0. The Morgan fingerprint density at radius 3 is 2.65 bits per heavy atom. The average Bonchev–Trinajstić information content (AvgIpc) is 2.80. The van der Waals surface area contributed by atoms with Gasteiger partial charge in [-0.15, -0.1) is 0 Å². The summed E-state index contributed by atoms with van der Waals surface area (Å²) in [6.45, 7) is 8.34. The van der Waals surface area contributed by atoms with Gasteiger partial charge in [0.05, 0.1) is 0 Å². The molecule has 0 aliphatic carbocycles. The van der Waals surface area contributed by atoms with E-state index >= 15 is 0 Å². The molecule has 4 heteroatoms. The van der Waals surface area contributed by atoms with Gasteiger partial charge in [-0.25, -0.2) is 0 Å². The molecule has 106 valence electrons. The highest BCUT2D eigenvalue weighted by Crippen LogP contribution is 2.26. The van der Waals surface area contributed by atoms with Crippen LogP contribution in [0.5, 0.6) is 0 Å². The minimum Gasteiger partial charge on any atom is -0.337 e. The summed E-state index contributed by atoms with van der Waals surface area (Å²) in [7, 11) is 0. The fourth-order valence-corrected chi connectivity index (χ4v) is 3.10. The van der Waals surface area contributed by atoms with Crippen molar-refractivity contribution >= 4 is 16.8 Å². The van der Waals surface area contributed by atoms with Gasteiger partial charge in [-0.05, 0) is 25.5 Å². The Balaban J connectivity index is 2.10.